The summed E-state index contributed by atoms with van der Waals surface area (Å²) in [5, 5.41) is 8.87. The number of aromatic nitrogens is 1. The van der Waals surface area contributed by atoms with Crippen LogP contribution in [0.4, 0.5) is 4.79 Å². The number of ether oxygens (including phenoxy) is 2. The number of rotatable bonds is 4. The minimum absolute atomic E-state index is 0.239. The van der Waals surface area contributed by atoms with Crippen LogP contribution >= 0.6 is 0 Å². The van der Waals surface area contributed by atoms with Crippen molar-refractivity contribution in [3.8, 4) is 11.9 Å². The fourth-order valence-corrected chi connectivity index (χ4v) is 2.68. The normalized spacial score (nSPS) is 17.9. The number of pyridine rings is 1. The summed E-state index contributed by atoms with van der Waals surface area (Å²) in [4.78, 5) is 18.0. The van der Waals surface area contributed by atoms with Gasteiger partial charge < -0.3 is 14.4 Å². The maximum Gasteiger partial charge on any atom is 0.410 e. The molecule has 2 rings (SSSR count). The third kappa shape index (κ3) is 5.73. The number of nitrogens with zero attached hydrogens (tertiary/aromatic N) is 3. The highest BCUT2D eigenvalue weighted by molar-refractivity contribution is 5.68. The summed E-state index contributed by atoms with van der Waals surface area (Å²) in [5.74, 6) is 0.860. The molecule has 0 N–H and O–H groups in total. The molecule has 0 saturated carbocycles. The number of hydrogen-bond acceptors (Lipinski definition) is 5. The lowest BCUT2D eigenvalue weighted by Gasteiger charge is -2.34. The lowest BCUT2D eigenvalue weighted by Crippen LogP contribution is -2.43. The van der Waals surface area contributed by atoms with Gasteiger partial charge >= 0.3 is 6.09 Å². The van der Waals surface area contributed by atoms with Gasteiger partial charge in [-0.25, -0.2) is 9.78 Å². The molecule has 0 aromatic carbocycles. The van der Waals surface area contributed by atoms with Crippen LogP contribution in [-0.4, -0.2) is 41.3 Å². The summed E-state index contributed by atoms with van der Waals surface area (Å²) < 4.78 is 11.1. The molecule has 0 unspecified atom stereocenters. The minimum atomic E-state index is -0.468. The SMILES string of the molecule is CC(C)(C)OC(=O)N1CCC[C@@H](CCOc2cc(C#N)ccn2)C1. The lowest BCUT2D eigenvalue weighted by atomic mass is 9.95. The molecule has 6 nitrogen and oxygen atoms in total. The van der Waals surface area contributed by atoms with Crippen molar-refractivity contribution in [3.05, 3.63) is 23.9 Å². The number of likely N-dealkylation sites (tertiary alicyclic amines) is 1. The summed E-state index contributed by atoms with van der Waals surface area (Å²) in [6, 6.07) is 5.34. The number of amides is 1. The summed E-state index contributed by atoms with van der Waals surface area (Å²) in [6.07, 6.45) is 4.23. The molecule has 0 aliphatic carbocycles. The molecule has 1 aliphatic rings. The summed E-state index contributed by atoms with van der Waals surface area (Å²) in [6.45, 7) is 7.60. The Morgan fingerprint density at radius 3 is 3.00 bits per heavy atom. The van der Waals surface area contributed by atoms with E-state index in [1.807, 2.05) is 20.8 Å². The Hall–Kier alpha value is -2.29. The molecule has 1 amide bonds. The predicted molar refractivity (Wildman–Crippen MR) is 89.6 cm³/mol. The van der Waals surface area contributed by atoms with Crippen LogP contribution in [0.5, 0.6) is 5.88 Å². The van der Waals surface area contributed by atoms with Crippen molar-refractivity contribution in [1.82, 2.24) is 9.88 Å². The van der Waals surface area contributed by atoms with Crippen LogP contribution in [-0.2, 0) is 4.74 Å². The predicted octanol–water partition coefficient (Wildman–Crippen LogP) is 3.37. The fraction of sp³-hybridized carbons (Fsp3) is 0.611. The molecule has 1 aliphatic heterocycles. The molecule has 1 saturated heterocycles. The smallest absolute Gasteiger partial charge is 0.410 e. The largest absolute Gasteiger partial charge is 0.478 e. The van der Waals surface area contributed by atoms with Gasteiger partial charge in [-0.05, 0) is 52.0 Å². The molecule has 2 heterocycles. The average molecular weight is 331 g/mol. The first kappa shape index (κ1) is 18.1. The maximum atomic E-state index is 12.2. The van der Waals surface area contributed by atoms with E-state index in [9.17, 15) is 4.79 Å². The van der Waals surface area contributed by atoms with Crippen LogP contribution < -0.4 is 4.74 Å². The molecule has 1 fully saturated rings. The molecule has 0 spiro atoms. The van der Waals surface area contributed by atoms with E-state index in [0.29, 0.717) is 30.5 Å². The summed E-state index contributed by atoms with van der Waals surface area (Å²) in [7, 11) is 0. The number of hydrogen-bond donors (Lipinski definition) is 0. The zero-order valence-corrected chi connectivity index (χ0v) is 14.6. The van der Waals surface area contributed by atoms with Crippen molar-refractivity contribution in [2.24, 2.45) is 5.92 Å². The van der Waals surface area contributed by atoms with Gasteiger partial charge in [0.1, 0.15) is 5.60 Å². The quantitative estimate of drug-likeness (QED) is 0.845. The van der Waals surface area contributed by atoms with Crippen molar-refractivity contribution in [1.29, 1.82) is 5.26 Å². The van der Waals surface area contributed by atoms with Gasteiger partial charge in [0, 0.05) is 25.4 Å². The topological polar surface area (TPSA) is 75.4 Å². The first-order valence-electron chi connectivity index (χ1n) is 8.34. The second-order valence-electron chi connectivity index (χ2n) is 7.07. The zero-order valence-electron chi connectivity index (χ0n) is 14.6. The van der Waals surface area contributed by atoms with E-state index >= 15 is 0 Å². The van der Waals surface area contributed by atoms with Crippen molar-refractivity contribution in [2.45, 2.75) is 45.6 Å². The van der Waals surface area contributed by atoms with E-state index in [4.69, 9.17) is 14.7 Å². The van der Waals surface area contributed by atoms with Gasteiger partial charge in [-0.3, -0.25) is 0 Å². The highest BCUT2D eigenvalue weighted by Gasteiger charge is 2.27. The number of piperidine rings is 1. The van der Waals surface area contributed by atoms with Crippen LogP contribution in [0.15, 0.2) is 18.3 Å². The van der Waals surface area contributed by atoms with E-state index < -0.39 is 5.60 Å². The van der Waals surface area contributed by atoms with Gasteiger partial charge in [-0.1, -0.05) is 0 Å². The molecule has 0 bridgehead atoms. The fourth-order valence-electron chi connectivity index (χ4n) is 2.68. The van der Waals surface area contributed by atoms with E-state index in [2.05, 4.69) is 11.1 Å². The van der Waals surface area contributed by atoms with Gasteiger partial charge in [0.15, 0.2) is 0 Å². The average Bonchev–Trinajstić information content (AvgIpc) is 2.54. The lowest BCUT2D eigenvalue weighted by molar-refractivity contribution is 0.0154. The van der Waals surface area contributed by atoms with Gasteiger partial charge in [0.2, 0.25) is 5.88 Å². The van der Waals surface area contributed by atoms with Gasteiger partial charge in [-0.15, -0.1) is 0 Å². The molecule has 24 heavy (non-hydrogen) atoms. The van der Waals surface area contributed by atoms with Crippen molar-refractivity contribution in [3.63, 3.8) is 0 Å². The Bertz CT molecular complexity index is 604. The number of nitriles is 1. The molecular weight excluding hydrogens is 306 g/mol. The van der Waals surface area contributed by atoms with Crippen LogP contribution in [0, 0.1) is 17.2 Å². The second-order valence-corrected chi connectivity index (χ2v) is 7.07. The monoisotopic (exact) mass is 331 g/mol. The van der Waals surface area contributed by atoms with E-state index in [-0.39, 0.29) is 6.09 Å². The molecule has 1 aromatic rings. The molecule has 1 atom stereocenters. The highest BCUT2D eigenvalue weighted by atomic mass is 16.6. The third-order valence-electron chi connectivity index (χ3n) is 3.81. The van der Waals surface area contributed by atoms with Gasteiger partial charge in [0.05, 0.1) is 18.2 Å². The van der Waals surface area contributed by atoms with Crippen molar-refractivity contribution in [2.75, 3.05) is 19.7 Å². The molecule has 1 aromatic heterocycles. The molecular formula is C18H25N3O3. The zero-order chi connectivity index (χ0) is 17.6. The Kier molecular flexibility index (Phi) is 6.02. The Morgan fingerprint density at radius 1 is 1.50 bits per heavy atom. The van der Waals surface area contributed by atoms with Crippen LogP contribution in [0.3, 0.4) is 0 Å². The molecule has 130 valence electrons. The Balaban J connectivity index is 1.78. The highest BCUT2D eigenvalue weighted by Crippen LogP contribution is 2.22. The summed E-state index contributed by atoms with van der Waals surface area (Å²) in [5.41, 5.74) is 0.0682. The summed E-state index contributed by atoms with van der Waals surface area (Å²) >= 11 is 0. The van der Waals surface area contributed by atoms with Crippen LogP contribution in [0.25, 0.3) is 0 Å². The van der Waals surface area contributed by atoms with Crippen LogP contribution in [0.2, 0.25) is 0 Å². The Labute approximate surface area is 143 Å². The first-order chi connectivity index (χ1) is 11.4. The third-order valence-corrected chi connectivity index (χ3v) is 3.81. The molecule has 0 radical (unpaired) electrons. The number of carbonyl (C=O) groups is 1. The minimum Gasteiger partial charge on any atom is -0.478 e. The standard InChI is InChI=1S/C18H25N3O3/c1-18(2,3)24-17(22)21-9-4-5-14(13-21)7-10-23-16-11-15(12-19)6-8-20-16/h6,8,11,14H,4-5,7,9-10,13H2,1-3H3/t14-/m0/s1. The molecule has 6 heteroatoms. The first-order valence-corrected chi connectivity index (χ1v) is 8.34. The number of carbonyl (C=O) groups excluding carboxylic acids is 1. The second kappa shape index (κ2) is 8.00. The van der Waals surface area contributed by atoms with Gasteiger partial charge in [0.25, 0.3) is 0 Å². The maximum absolute atomic E-state index is 12.2. The van der Waals surface area contributed by atoms with E-state index in [0.717, 1.165) is 25.8 Å². The van der Waals surface area contributed by atoms with Crippen LogP contribution in [0.1, 0.15) is 45.6 Å². The van der Waals surface area contributed by atoms with Crippen molar-refractivity contribution >= 4 is 6.09 Å². The Morgan fingerprint density at radius 2 is 2.29 bits per heavy atom. The van der Waals surface area contributed by atoms with E-state index in [1.54, 1.807) is 23.2 Å². The van der Waals surface area contributed by atoms with Gasteiger partial charge in [-0.2, -0.15) is 5.26 Å². The van der Waals surface area contributed by atoms with Crippen molar-refractivity contribution < 1.29 is 14.3 Å². The van der Waals surface area contributed by atoms with E-state index in [1.165, 1.54) is 0 Å².